The van der Waals surface area contributed by atoms with E-state index >= 15 is 0 Å². The van der Waals surface area contributed by atoms with Gasteiger partial charge in [-0.3, -0.25) is 14.5 Å². The average Bonchev–Trinajstić information content (AvgIpc) is 3.00. The molecule has 0 saturated heterocycles. The van der Waals surface area contributed by atoms with Gasteiger partial charge in [0.2, 0.25) is 11.8 Å². The van der Waals surface area contributed by atoms with Gasteiger partial charge >= 0.3 is 0 Å². The Hall–Kier alpha value is -1.18. The summed E-state index contributed by atoms with van der Waals surface area (Å²) in [6.07, 6.45) is 28.7. The predicted octanol–water partition coefficient (Wildman–Crippen LogP) is 8.05. The summed E-state index contributed by atoms with van der Waals surface area (Å²) in [5, 5.41) is 25.7. The third-order valence-electron chi connectivity index (χ3n) is 8.99. The zero-order valence-corrected chi connectivity index (χ0v) is 29.7. The van der Waals surface area contributed by atoms with Gasteiger partial charge in [-0.15, -0.1) is 0 Å². The molecule has 0 aromatic heterocycles. The van der Waals surface area contributed by atoms with Crippen LogP contribution >= 0.6 is 0 Å². The number of carbonyl (C=O) groups is 2. The topological polar surface area (TPSA) is 102 Å². The molecule has 2 unspecified atom stereocenters. The molecule has 0 aliphatic rings. The second-order valence-electron chi connectivity index (χ2n) is 13.4. The van der Waals surface area contributed by atoms with Gasteiger partial charge in [0.1, 0.15) is 0 Å². The fourth-order valence-electron chi connectivity index (χ4n) is 5.97. The van der Waals surface area contributed by atoms with E-state index < -0.39 is 6.04 Å². The lowest BCUT2D eigenvalue weighted by Crippen LogP contribution is -2.45. The minimum absolute atomic E-state index is 0.0150. The van der Waals surface area contributed by atoms with Crippen LogP contribution in [0.1, 0.15) is 182 Å². The lowest BCUT2D eigenvalue weighted by molar-refractivity contribution is -0.122. The summed E-state index contributed by atoms with van der Waals surface area (Å²) in [5.41, 5.74) is 0. The maximum absolute atomic E-state index is 12.6. The standard InChI is InChI=1S/C37H75N3O4/c1-5-7-9-11-13-15-17-19-21-23-25-33(3)38-36(43)27-29-40(35(31-41)32-42)30-28-37(44)39-34(4)26-24-22-20-18-16-14-12-10-8-6-2/h33-35,41-42H,5-32H2,1-4H3,(H,38,43)(H,39,44). The van der Waals surface area contributed by atoms with Crippen LogP contribution in [0.25, 0.3) is 0 Å². The molecule has 0 aliphatic carbocycles. The van der Waals surface area contributed by atoms with Crippen LogP contribution < -0.4 is 10.6 Å². The van der Waals surface area contributed by atoms with Crippen LogP contribution in [0.2, 0.25) is 0 Å². The lowest BCUT2D eigenvalue weighted by atomic mass is 10.0. The number of unbranched alkanes of at least 4 members (excludes halogenated alkanes) is 18. The lowest BCUT2D eigenvalue weighted by Gasteiger charge is -2.29. The number of nitrogens with zero attached hydrogens (tertiary/aromatic N) is 1. The Morgan fingerprint density at radius 2 is 0.818 bits per heavy atom. The number of rotatable bonds is 33. The molecule has 2 atom stereocenters. The SMILES string of the molecule is CCCCCCCCCCCCC(C)NC(=O)CCN(CCC(=O)NC(C)CCCCCCCCCCCC)C(CO)CO. The number of aliphatic hydroxyl groups is 2. The molecular formula is C37H75N3O4. The molecule has 0 rings (SSSR count). The number of nitrogens with one attached hydrogen (secondary N) is 2. The number of hydrogen-bond donors (Lipinski definition) is 4. The van der Waals surface area contributed by atoms with E-state index in [1.54, 1.807) is 0 Å². The summed E-state index contributed by atoms with van der Waals surface area (Å²) in [4.78, 5) is 27.1. The first-order chi connectivity index (χ1) is 21.4. The predicted molar refractivity (Wildman–Crippen MR) is 187 cm³/mol. The Balaban J connectivity index is 4.13. The first kappa shape index (κ1) is 42.8. The van der Waals surface area contributed by atoms with Crippen molar-refractivity contribution in [2.24, 2.45) is 0 Å². The number of hydrogen-bond acceptors (Lipinski definition) is 5. The van der Waals surface area contributed by atoms with Crippen molar-refractivity contribution in [3.63, 3.8) is 0 Å². The van der Waals surface area contributed by atoms with Crippen molar-refractivity contribution < 1.29 is 19.8 Å². The average molecular weight is 626 g/mol. The largest absolute Gasteiger partial charge is 0.395 e. The molecule has 0 saturated carbocycles. The van der Waals surface area contributed by atoms with Gasteiger partial charge in [0, 0.05) is 38.0 Å². The molecule has 7 heteroatoms. The first-order valence-electron chi connectivity index (χ1n) is 18.9. The summed E-state index contributed by atoms with van der Waals surface area (Å²) >= 11 is 0. The monoisotopic (exact) mass is 626 g/mol. The van der Waals surface area contributed by atoms with Crippen LogP contribution in [0.4, 0.5) is 0 Å². The third kappa shape index (κ3) is 27.2. The van der Waals surface area contributed by atoms with E-state index in [2.05, 4.69) is 38.3 Å². The van der Waals surface area contributed by atoms with Crippen LogP contribution in [-0.2, 0) is 9.59 Å². The van der Waals surface area contributed by atoms with Crippen LogP contribution in [0.5, 0.6) is 0 Å². The molecule has 0 aliphatic heterocycles. The van der Waals surface area contributed by atoms with Crippen LogP contribution in [0.15, 0.2) is 0 Å². The number of carbonyl (C=O) groups excluding carboxylic acids is 2. The van der Waals surface area contributed by atoms with Crippen molar-refractivity contribution in [1.29, 1.82) is 0 Å². The fraction of sp³-hybridized carbons (Fsp3) is 0.946. The van der Waals surface area contributed by atoms with Crippen LogP contribution in [0, 0.1) is 0 Å². The van der Waals surface area contributed by atoms with E-state index in [0.29, 0.717) is 13.1 Å². The Morgan fingerprint density at radius 1 is 0.523 bits per heavy atom. The van der Waals surface area contributed by atoms with Crippen molar-refractivity contribution in [2.45, 2.75) is 200 Å². The van der Waals surface area contributed by atoms with E-state index in [-0.39, 0.29) is 50.0 Å². The smallest absolute Gasteiger partial charge is 0.221 e. The highest BCUT2D eigenvalue weighted by Crippen LogP contribution is 2.13. The summed E-state index contributed by atoms with van der Waals surface area (Å²) in [6, 6.07) is -0.192. The highest BCUT2D eigenvalue weighted by atomic mass is 16.3. The minimum Gasteiger partial charge on any atom is -0.395 e. The molecule has 262 valence electrons. The van der Waals surface area contributed by atoms with Gasteiger partial charge in [0.25, 0.3) is 0 Å². The zero-order chi connectivity index (χ0) is 32.7. The maximum atomic E-state index is 12.6. The molecule has 4 N–H and O–H groups in total. The van der Waals surface area contributed by atoms with Crippen molar-refractivity contribution in [3.8, 4) is 0 Å². The Morgan fingerprint density at radius 3 is 1.11 bits per heavy atom. The zero-order valence-electron chi connectivity index (χ0n) is 29.7. The van der Waals surface area contributed by atoms with Crippen LogP contribution in [-0.4, -0.2) is 71.4 Å². The summed E-state index contributed by atoms with van der Waals surface area (Å²) < 4.78 is 0. The minimum atomic E-state index is -0.469. The first-order valence-corrected chi connectivity index (χ1v) is 18.9. The van der Waals surface area contributed by atoms with Gasteiger partial charge in [0.15, 0.2) is 0 Å². The van der Waals surface area contributed by atoms with Crippen molar-refractivity contribution in [2.75, 3.05) is 26.3 Å². The summed E-state index contributed by atoms with van der Waals surface area (Å²) in [7, 11) is 0. The molecule has 44 heavy (non-hydrogen) atoms. The number of aliphatic hydroxyl groups excluding tert-OH is 2. The molecule has 0 spiro atoms. The van der Waals surface area contributed by atoms with Gasteiger partial charge in [-0.25, -0.2) is 0 Å². The molecule has 0 radical (unpaired) electrons. The van der Waals surface area contributed by atoms with Gasteiger partial charge in [-0.1, -0.05) is 142 Å². The van der Waals surface area contributed by atoms with Gasteiger partial charge in [-0.05, 0) is 26.7 Å². The highest BCUT2D eigenvalue weighted by molar-refractivity contribution is 5.77. The quantitative estimate of drug-likeness (QED) is 0.0553. The molecular weight excluding hydrogens is 550 g/mol. The van der Waals surface area contributed by atoms with Gasteiger partial charge in [0.05, 0.1) is 19.3 Å². The van der Waals surface area contributed by atoms with Gasteiger partial charge in [-0.2, -0.15) is 0 Å². The maximum Gasteiger partial charge on any atom is 0.221 e. The van der Waals surface area contributed by atoms with E-state index in [4.69, 9.17) is 0 Å². The van der Waals surface area contributed by atoms with E-state index in [9.17, 15) is 19.8 Å². The fourth-order valence-corrected chi connectivity index (χ4v) is 5.97. The second-order valence-corrected chi connectivity index (χ2v) is 13.4. The summed E-state index contributed by atoms with van der Waals surface area (Å²) in [5.74, 6) is -0.0300. The molecule has 0 fully saturated rings. The molecule has 0 aromatic rings. The highest BCUT2D eigenvalue weighted by Gasteiger charge is 2.20. The van der Waals surface area contributed by atoms with Gasteiger partial charge < -0.3 is 20.8 Å². The molecule has 7 nitrogen and oxygen atoms in total. The summed E-state index contributed by atoms with van der Waals surface area (Å²) in [6.45, 7) is 9.04. The number of amides is 2. The Labute approximate surface area is 273 Å². The van der Waals surface area contributed by atoms with E-state index in [1.165, 1.54) is 116 Å². The Bertz CT molecular complexity index is 596. The normalized spacial score (nSPS) is 13.0. The molecule has 0 aromatic carbocycles. The molecule has 2 amide bonds. The molecule has 0 heterocycles. The van der Waals surface area contributed by atoms with Crippen molar-refractivity contribution in [3.05, 3.63) is 0 Å². The van der Waals surface area contributed by atoms with Crippen molar-refractivity contribution >= 4 is 11.8 Å². The van der Waals surface area contributed by atoms with E-state index in [1.807, 2.05) is 4.90 Å². The van der Waals surface area contributed by atoms with Crippen molar-refractivity contribution in [1.82, 2.24) is 15.5 Å². The van der Waals surface area contributed by atoms with Crippen LogP contribution in [0.3, 0.4) is 0 Å². The van der Waals surface area contributed by atoms with E-state index in [0.717, 1.165) is 25.7 Å². The molecule has 0 bridgehead atoms. The third-order valence-corrected chi connectivity index (χ3v) is 8.99. The Kier molecular flexibility index (Phi) is 30.9. The second kappa shape index (κ2) is 31.8.